The van der Waals surface area contributed by atoms with Crippen LogP contribution in [-0.2, 0) is 6.54 Å². The second kappa shape index (κ2) is 8.03. The number of piperazine rings is 1. The Morgan fingerprint density at radius 1 is 1.00 bits per heavy atom. The zero-order chi connectivity index (χ0) is 19.4. The molecule has 0 spiro atoms. The molecular formula is C17H17F5N4O. The number of rotatable bonds is 5. The first-order valence-electron chi connectivity index (χ1n) is 8.22. The van der Waals surface area contributed by atoms with Crippen LogP contribution in [0.5, 0.6) is 5.75 Å². The van der Waals surface area contributed by atoms with Crippen molar-refractivity contribution in [1.82, 2.24) is 14.9 Å². The van der Waals surface area contributed by atoms with Crippen LogP contribution in [0, 0.1) is 0 Å². The maximum absolute atomic E-state index is 12.7. The van der Waals surface area contributed by atoms with Gasteiger partial charge in [-0.25, -0.2) is 18.7 Å². The highest BCUT2D eigenvalue weighted by Crippen LogP contribution is 2.24. The van der Waals surface area contributed by atoms with Crippen molar-refractivity contribution in [1.29, 1.82) is 0 Å². The molecule has 0 N–H and O–H groups in total. The Labute approximate surface area is 152 Å². The molecule has 1 fully saturated rings. The third-order valence-electron chi connectivity index (χ3n) is 4.16. The monoisotopic (exact) mass is 388 g/mol. The van der Waals surface area contributed by atoms with Crippen molar-refractivity contribution < 1.29 is 26.7 Å². The molecule has 1 aromatic carbocycles. The number of anilines is 1. The van der Waals surface area contributed by atoms with Gasteiger partial charge in [0.05, 0.1) is 0 Å². The highest BCUT2D eigenvalue weighted by atomic mass is 19.4. The molecule has 2 heterocycles. The van der Waals surface area contributed by atoms with Crippen molar-refractivity contribution >= 4 is 5.82 Å². The quantitative estimate of drug-likeness (QED) is 0.732. The Balaban J connectivity index is 1.53. The van der Waals surface area contributed by atoms with Gasteiger partial charge < -0.3 is 9.64 Å². The van der Waals surface area contributed by atoms with E-state index in [1.54, 1.807) is 12.1 Å². The van der Waals surface area contributed by atoms with Crippen molar-refractivity contribution in [3.05, 3.63) is 47.9 Å². The fourth-order valence-corrected chi connectivity index (χ4v) is 2.84. The SMILES string of the molecule is FC(F)c1cc(N2CCN(Cc3ccc(OC(F)(F)F)cc3)CC2)ncn1. The topological polar surface area (TPSA) is 41.5 Å². The van der Waals surface area contributed by atoms with E-state index >= 15 is 0 Å². The average Bonchev–Trinajstić information content (AvgIpc) is 2.63. The summed E-state index contributed by atoms with van der Waals surface area (Å²) in [5, 5.41) is 0. The van der Waals surface area contributed by atoms with E-state index in [1.165, 1.54) is 18.2 Å². The lowest BCUT2D eigenvalue weighted by atomic mass is 10.2. The molecule has 1 aromatic heterocycles. The van der Waals surface area contributed by atoms with Gasteiger partial charge in [0.15, 0.2) is 0 Å². The third kappa shape index (κ3) is 5.49. The molecule has 1 aliphatic rings. The summed E-state index contributed by atoms with van der Waals surface area (Å²) in [6.45, 7) is 3.14. The number of hydrogen-bond acceptors (Lipinski definition) is 5. The lowest BCUT2D eigenvalue weighted by molar-refractivity contribution is -0.274. The molecule has 3 rings (SSSR count). The van der Waals surface area contributed by atoms with E-state index in [-0.39, 0.29) is 11.4 Å². The van der Waals surface area contributed by atoms with E-state index in [2.05, 4.69) is 19.6 Å². The van der Waals surface area contributed by atoms with E-state index in [9.17, 15) is 22.0 Å². The molecule has 0 saturated carbocycles. The third-order valence-corrected chi connectivity index (χ3v) is 4.16. The smallest absolute Gasteiger partial charge is 0.406 e. The van der Waals surface area contributed by atoms with Gasteiger partial charge in [-0.15, -0.1) is 13.2 Å². The van der Waals surface area contributed by atoms with Crippen molar-refractivity contribution in [2.24, 2.45) is 0 Å². The van der Waals surface area contributed by atoms with Gasteiger partial charge in [0.25, 0.3) is 6.43 Å². The molecule has 1 aliphatic heterocycles. The van der Waals surface area contributed by atoms with Gasteiger partial charge in [-0.1, -0.05) is 12.1 Å². The molecule has 0 radical (unpaired) electrons. The molecule has 2 aromatic rings. The van der Waals surface area contributed by atoms with Crippen LogP contribution < -0.4 is 9.64 Å². The predicted molar refractivity (Wildman–Crippen MR) is 87.6 cm³/mol. The average molecular weight is 388 g/mol. The minimum atomic E-state index is -4.71. The van der Waals surface area contributed by atoms with E-state index < -0.39 is 12.8 Å². The molecule has 5 nitrogen and oxygen atoms in total. The fourth-order valence-electron chi connectivity index (χ4n) is 2.84. The van der Waals surface area contributed by atoms with Gasteiger partial charge in [-0.2, -0.15) is 0 Å². The normalized spacial score (nSPS) is 16.0. The predicted octanol–water partition coefficient (Wildman–Crippen LogP) is 3.64. The number of halogens is 5. The van der Waals surface area contributed by atoms with Gasteiger partial charge in [0, 0.05) is 38.8 Å². The summed E-state index contributed by atoms with van der Waals surface area (Å²) >= 11 is 0. The first-order chi connectivity index (χ1) is 12.8. The second-order valence-corrected chi connectivity index (χ2v) is 6.06. The summed E-state index contributed by atoms with van der Waals surface area (Å²) in [6, 6.07) is 7.04. The number of nitrogens with zero attached hydrogens (tertiary/aromatic N) is 4. The Bertz CT molecular complexity index is 746. The molecule has 1 saturated heterocycles. The van der Waals surface area contributed by atoms with Crippen LogP contribution in [0.25, 0.3) is 0 Å². The van der Waals surface area contributed by atoms with Crippen molar-refractivity contribution in [2.75, 3.05) is 31.1 Å². The maximum Gasteiger partial charge on any atom is 0.573 e. The fraction of sp³-hybridized carbons (Fsp3) is 0.412. The van der Waals surface area contributed by atoms with Gasteiger partial charge in [0.2, 0.25) is 0 Å². The van der Waals surface area contributed by atoms with Crippen LogP contribution in [0.3, 0.4) is 0 Å². The van der Waals surface area contributed by atoms with Gasteiger partial charge in [-0.05, 0) is 17.7 Å². The molecule has 10 heteroatoms. The Hall–Kier alpha value is -2.49. The van der Waals surface area contributed by atoms with Crippen LogP contribution in [-0.4, -0.2) is 47.4 Å². The number of alkyl halides is 5. The molecule has 27 heavy (non-hydrogen) atoms. The second-order valence-electron chi connectivity index (χ2n) is 6.06. The minimum absolute atomic E-state index is 0.255. The standard InChI is InChI=1S/C17H17F5N4O/c18-16(19)14-9-15(24-11-23-14)26-7-5-25(6-8-26)10-12-1-3-13(4-2-12)27-17(20,21)22/h1-4,9,11,16H,5-8,10H2. The Morgan fingerprint density at radius 3 is 2.26 bits per heavy atom. The van der Waals surface area contributed by atoms with Crippen molar-refractivity contribution in [3.63, 3.8) is 0 Å². The maximum atomic E-state index is 12.7. The highest BCUT2D eigenvalue weighted by molar-refractivity contribution is 5.39. The summed E-state index contributed by atoms with van der Waals surface area (Å²) in [5.41, 5.74) is 0.559. The largest absolute Gasteiger partial charge is 0.573 e. The van der Waals surface area contributed by atoms with Crippen molar-refractivity contribution in [3.8, 4) is 5.75 Å². The molecule has 0 amide bonds. The van der Waals surface area contributed by atoms with Crippen LogP contribution in [0.1, 0.15) is 17.7 Å². The highest BCUT2D eigenvalue weighted by Gasteiger charge is 2.31. The van der Waals surface area contributed by atoms with Crippen LogP contribution in [0.2, 0.25) is 0 Å². The van der Waals surface area contributed by atoms with E-state index in [1.807, 2.05) is 4.90 Å². The number of aromatic nitrogens is 2. The van der Waals surface area contributed by atoms with Crippen molar-refractivity contribution in [2.45, 2.75) is 19.3 Å². The van der Waals surface area contributed by atoms with Crippen LogP contribution in [0.15, 0.2) is 36.7 Å². The van der Waals surface area contributed by atoms with Crippen LogP contribution in [0.4, 0.5) is 27.8 Å². The summed E-state index contributed by atoms with van der Waals surface area (Å²) < 4.78 is 65.9. The van der Waals surface area contributed by atoms with Gasteiger partial charge in [0.1, 0.15) is 23.6 Å². The first-order valence-corrected chi connectivity index (χ1v) is 8.22. The zero-order valence-corrected chi connectivity index (χ0v) is 14.2. The van der Waals surface area contributed by atoms with Crippen LogP contribution >= 0.6 is 0 Å². The minimum Gasteiger partial charge on any atom is -0.406 e. The molecule has 0 aliphatic carbocycles. The summed E-state index contributed by atoms with van der Waals surface area (Å²) in [7, 11) is 0. The van der Waals surface area contributed by atoms with E-state index in [4.69, 9.17) is 0 Å². The number of benzene rings is 1. The first kappa shape index (κ1) is 19.3. The Morgan fingerprint density at radius 2 is 1.67 bits per heavy atom. The van der Waals surface area contributed by atoms with E-state index in [0.29, 0.717) is 38.5 Å². The van der Waals surface area contributed by atoms with E-state index in [0.717, 1.165) is 11.9 Å². The lowest BCUT2D eigenvalue weighted by Crippen LogP contribution is -2.46. The number of hydrogen-bond donors (Lipinski definition) is 0. The number of ether oxygens (including phenoxy) is 1. The zero-order valence-electron chi connectivity index (χ0n) is 14.2. The lowest BCUT2D eigenvalue weighted by Gasteiger charge is -2.35. The van der Waals surface area contributed by atoms with Gasteiger partial charge >= 0.3 is 6.36 Å². The summed E-state index contributed by atoms with van der Waals surface area (Å²) in [5.74, 6) is 0.211. The summed E-state index contributed by atoms with van der Waals surface area (Å²) in [6.07, 6.45) is -6.21. The summed E-state index contributed by atoms with van der Waals surface area (Å²) in [4.78, 5) is 11.6. The molecule has 0 unspecified atom stereocenters. The molecule has 146 valence electrons. The Kier molecular flexibility index (Phi) is 5.73. The molecule has 0 atom stereocenters. The molecular weight excluding hydrogens is 371 g/mol. The molecule has 0 bridgehead atoms. The van der Waals surface area contributed by atoms with Gasteiger partial charge in [-0.3, -0.25) is 4.90 Å².